The number of primary amides is 1. The molecule has 0 bridgehead atoms. The maximum absolute atomic E-state index is 11.6. The maximum atomic E-state index is 11.6. The lowest BCUT2D eigenvalue weighted by atomic mass is 9.71. The van der Waals surface area contributed by atoms with Gasteiger partial charge in [-0.05, 0) is 44.4 Å². The van der Waals surface area contributed by atoms with Crippen molar-refractivity contribution in [2.75, 3.05) is 5.32 Å². The molecule has 1 aliphatic carbocycles. The lowest BCUT2D eigenvalue weighted by Crippen LogP contribution is -2.46. The smallest absolute Gasteiger partial charge is 0.311 e. The molecule has 1 aromatic carbocycles. The molecule has 5 nitrogen and oxygen atoms in total. The van der Waals surface area contributed by atoms with Crippen LogP contribution in [0.3, 0.4) is 0 Å². The van der Waals surface area contributed by atoms with Gasteiger partial charge in [-0.25, -0.2) is 0 Å². The molecule has 0 aliphatic heterocycles. The third-order valence-corrected chi connectivity index (χ3v) is 4.47. The molecule has 2 rings (SSSR count). The van der Waals surface area contributed by atoms with Crippen LogP contribution >= 0.6 is 0 Å². The molecule has 1 aromatic rings. The van der Waals surface area contributed by atoms with Gasteiger partial charge < -0.3 is 16.2 Å². The van der Waals surface area contributed by atoms with E-state index in [1.54, 1.807) is 13.0 Å². The van der Waals surface area contributed by atoms with Crippen LogP contribution in [0.5, 0.6) is 0 Å². The van der Waals surface area contributed by atoms with E-state index in [2.05, 4.69) is 5.32 Å². The lowest BCUT2D eigenvalue weighted by Gasteiger charge is -2.39. The molecule has 0 heterocycles. The van der Waals surface area contributed by atoms with E-state index in [1.165, 1.54) is 0 Å². The Morgan fingerprint density at radius 3 is 2.71 bits per heavy atom. The summed E-state index contributed by atoms with van der Waals surface area (Å²) in [5.41, 5.74) is 6.60. The number of carboxylic acids is 1. The fourth-order valence-electron chi connectivity index (χ4n) is 3.00. The van der Waals surface area contributed by atoms with Crippen LogP contribution < -0.4 is 11.1 Å². The number of hydrogen-bond donors (Lipinski definition) is 3. The van der Waals surface area contributed by atoms with Gasteiger partial charge in [-0.15, -0.1) is 0 Å². The van der Waals surface area contributed by atoms with Gasteiger partial charge in [0.15, 0.2) is 0 Å². The fraction of sp³-hybridized carbons (Fsp3) is 0.500. The Morgan fingerprint density at radius 2 is 2.10 bits per heavy atom. The van der Waals surface area contributed by atoms with Gasteiger partial charge in [0.1, 0.15) is 0 Å². The molecule has 2 atom stereocenters. The molecule has 5 heteroatoms. The summed E-state index contributed by atoms with van der Waals surface area (Å²) in [5, 5.41) is 12.8. The highest BCUT2D eigenvalue weighted by molar-refractivity contribution is 5.98. The molecule has 1 fully saturated rings. The SMILES string of the molecule is Cc1ccc(C(N)=O)c(NC2CCCCC2(C)C(=O)O)c1. The summed E-state index contributed by atoms with van der Waals surface area (Å²) in [6, 6.07) is 5.14. The van der Waals surface area contributed by atoms with Crippen LogP contribution in [0.1, 0.15) is 48.5 Å². The first-order valence-electron chi connectivity index (χ1n) is 7.25. The van der Waals surface area contributed by atoms with Gasteiger partial charge in [-0.3, -0.25) is 9.59 Å². The largest absolute Gasteiger partial charge is 0.481 e. The van der Waals surface area contributed by atoms with Gasteiger partial charge in [0.2, 0.25) is 0 Å². The van der Waals surface area contributed by atoms with Crippen LogP contribution in [-0.2, 0) is 4.79 Å². The van der Waals surface area contributed by atoms with Crippen molar-refractivity contribution in [3.05, 3.63) is 29.3 Å². The molecule has 0 saturated heterocycles. The summed E-state index contributed by atoms with van der Waals surface area (Å²) in [7, 11) is 0. The van der Waals surface area contributed by atoms with E-state index >= 15 is 0 Å². The van der Waals surface area contributed by atoms with Crippen molar-refractivity contribution in [2.45, 2.75) is 45.6 Å². The Bertz CT molecular complexity index is 571. The summed E-state index contributed by atoms with van der Waals surface area (Å²) >= 11 is 0. The maximum Gasteiger partial charge on any atom is 0.311 e. The highest BCUT2D eigenvalue weighted by atomic mass is 16.4. The number of nitrogens with two attached hydrogens (primary N) is 1. The zero-order chi connectivity index (χ0) is 15.6. The van der Waals surface area contributed by atoms with Crippen LogP contribution in [0.2, 0.25) is 0 Å². The summed E-state index contributed by atoms with van der Waals surface area (Å²) in [5.74, 6) is -1.31. The van der Waals surface area contributed by atoms with Crippen molar-refractivity contribution in [1.82, 2.24) is 0 Å². The lowest BCUT2D eigenvalue weighted by molar-refractivity contribution is -0.150. The average molecular weight is 290 g/mol. The number of carboxylic acid groups (broad SMARTS) is 1. The number of aryl methyl sites for hydroxylation is 1. The van der Waals surface area contributed by atoms with Crippen molar-refractivity contribution in [1.29, 1.82) is 0 Å². The Balaban J connectivity index is 2.33. The van der Waals surface area contributed by atoms with Crippen LogP contribution in [0.4, 0.5) is 5.69 Å². The molecule has 0 aromatic heterocycles. The van der Waals surface area contributed by atoms with E-state index in [4.69, 9.17) is 5.73 Å². The standard InChI is InChI=1S/C16H22N2O3/c1-10-6-7-11(14(17)19)12(9-10)18-13-5-3-4-8-16(13,2)15(20)21/h6-7,9,13,18H,3-5,8H2,1-2H3,(H2,17,19)(H,20,21). The second-order valence-electron chi connectivity index (χ2n) is 6.08. The van der Waals surface area contributed by atoms with Gasteiger partial charge in [0, 0.05) is 11.7 Å². The number of rotatable bonds is 4. The van der Waals surface area contributed by atoms with Gasteiger partial charge >= 0.3 is 5.97 Å². The van der Waals surface area contributed by atoms with Crippen molar-refractivity contribution in [3.8, 4) is 0 Å². The monoisotopic (exact) mass is 290 g/mol. The number of carbonyl (C=O) groups excluding carboxylic acids is 1. The molecular weight excluding hydrogens is 268 g/mol. The molecule has 0 spiro atoms. The van der Waals surface area contributed by atoms with E-state index in [-0.39, 0.29) is 6.04 Å². The number of anilines is 1. The Kier molecular flexibility index (Phi) is 4.21. The summed E-state index contributed by atoms with van der Waals surface area (Å²) in [6.07, 6.45) is 3.31. The zero-order valence-electron chi connectivity index (χ0n) is 12.5. The van der Waals surface area contributed by atoms with Gasteiger partial charge in [-0.1, -0.05) is 18.9 Å². The van der Waals surface area contributed by atoms with Gasteiger partial charge in [0.25, 0.3) is 5.91 Å². The molecule has 2 unspecified atom stereocenters. The van der Waals surface area contributed by atoms with E-state index < -0.39 is 17.3 Å². The molecule has 1 aliphatic rings. The van der Waals surface area contributed by atoms with Crippen LogP contribution in [-0.4, -0.2) is 23.0 Å². The summed E-state index contributed by atoms with van der Waals surface area (Å²) < 4.78 is 0. The van der Waals surface area contributed by atoms with E-state index in [1.807, 2.05) is 19.1 Å². The minimum atomic E-state index is -0.823. The molecule has 114 valence electrons. The van der Waals surface area contributed by atoms with Crippen molar-refractivity contribution >= 4 is 17.6 Å². The summed E-state index contributed by atoms with van der Waals surface area (Å²) in [4.78, 5) is 23.2. The summed E-state index contributed by atoms with van der Waals surface area (Å²) in [6.45, 7) is 3.69. The zero-order valence-corrected chi connectivity index (χ0v) is 12.5. The first-order valence-corrected chi connectivity index (χ1v) is 7.25. The number of amides is 1. The molecule has 21 heavy (non-hydrogen) atoms. The highest BCUT2D eigenvalue weighted by Gasteiger charge is 2.43. The van der Waals surface area contributed by atoms with Crippen LogP contribution in [0.15, 0.2) is 18.2 Å². The normalized spacial score (nSPS) is 25.3. The van der Waals surface area contributed by atoms with Crippen LogP contribution in [0.25, 0.3) is 0 Å². The third-order valence-electron chi connectivity index (χ3n) is 4.47. The fourth-order valence-corrected chi connectivity index (χ4v) is 3.00. The quantitative estimate of drug-likeness (QED) is 0.794. The first-order chi connectivity index (χ1) is 9.84. The first kappa shape index (κ1) is 15.4. The third kappa shape index (κ3) is 3.01. The Hall–Kier alpha value is -2.04. The van der Waals surface area contributed by atoms with Crippen LogP contribution in [0, 0.1) is 12.3 Å². The Morgan fingerprint density at radius 1 is 1.38 bits per heavy atom. The number of hydrogen-bond acceptors (Lipinski definition) is 3. The minimum absolute atomic E-state index is 0.205. The topological polar surface area (TPSA) is 92.4 Å². The number of benzene rings is 1. The Labute approximate surface area is 124 Å². The van der Waals surface area contributed by atoms with Gasteiger partial charge in [0.05, 0.1) is 11.0 Å². The predicted molar refractivity (Wildman–Crippen MR) is 81.3 cm³/mol. The van der Waals surface area contributed by atoms with Crippen molar-refractivity contribution in [2.24, 2.45) is 11.1 Å². The van der Waals surface area contributed by atoms with Crippen molar-refractivity contribution < 1.29 is 14.7 Å². The molecule has 1 saturated carbocycles. The molecule has 0 radical (unpaired) electrons. The number of carbonyl (C=O) groups is 2. The molecular formula is C16H22N2O3. The van der Waals surface area contributed by atoms with E-state index in [9.17, 15) is 14.7 Å². The predicted octanol–water partition coefficient (Wildman–Crippen LogP) is 2.54. The van der Waals surface area contributed by atoms with E-state index in [0.29, 0.717) is 17.7 Å². The number of nitrogens with one attached hydrogen (secondary N) is 1. The van der Waals surface area contributed by atoms with E-state index in [0.717, 1.165) is 24.8 Å². The second-order valence-corrected chi connectivity index (χ2v) is 6.08. The number of aliphatic carboxylic acids is 1. The minimum Gasteiger partial charge on any atom is -0.481 e. The highest BCUT2D eigenvalue weighted by Crippen LogP contribution is 2.38. The van der Waals surface area contributed by atoms with Crippen molar-refractivity contribution in [3.63, 3.8) is 0 Å². The average Bonchev–Trinajstić information content (AvgIpc) is 2.41. The van der Waals surface area contributed by atoms with Gasteiger partial charge in [-0.2, -0.15) is 0 Å². The molecule has 1 amide bonds. The second kappa shape index (κ2) is 5.76. The molecule has 4 N–H and O–H groups in total.